The topological polar surface area (TPSA) is 18.5 Å². The Kier molecular flexibility index (Phi) is 12.7. The van der Waals surface area contributed by atoms with Gasteiger partial charge < -0.3 is 9.47 Å². The average molecular weight is 797 g/mol. The van der Waals surface area contributed by atoms with E-state index in [1.165, 1.54) is 205 Å². The first-order valence-corrected chi connectivity index (χ1v) is 24.2. The molecule has 0 aliphatic heterocycles. The Labute approximate surface area is 360 Å². The molecule has 0 radical (unpaired) electrons. The lowest BCUT2D eigenvalue weighted by molar-refractivity contribution is 0.415. The van der Waals surface area contributed by atoms with Gasteiger partial charge in [-0.05, 0) is 175 Å². The average Bonchev–Trinajstić information content (AvgIpc) is 3.31. The molecule has 9 rings (SSSR count). The maximum Gasteiger partial charge on any atom is 0.120 e. The first-order valence-electron chi connectivity index (χ1n) is 24.2. The normalized spacial score (nSPS) is 15.5. The SMILES string of the molecule is CCCCCCc1ccc(-c2ccc3c4ccc(-c5ccc(CCCCCC)cc5C5CCCCC5)c5cc(OC)cc(c6cc(OC)cc2c36)c54)c(C2CCCCC2)c1. The van der Waals surface area contributed by atoms with Crippen molar-refractivity contribution < 1.29 is 9.47 Å². The van der Waals surface area contributed by atoms with Crippen LogP contribution in [0.2, 0.25) is 0 Å². The predicted molar refractivity (Wildman–Crippen MR) is 259 cm³/mol. The quantitative estimate of drug-likeness (QED) is 0.0551. The van der Waals surface area contributed by atoms with Crippen LogP contribution in [-0.2, 0) is 12.8 Å². The van der Waals surface area contributed by atoms with Crippen LogP contribution in [0.25, 0.3) is 65.3 Å². The van der Waals surface area contributed by atoms with Gasteiger partial charge in [-0.25, -0.2) is 0 Å². The van der Waals surface area contributed by atoms with Crippen molar-refractivity contribution in [1.82, 2.24) is 0 Å². The molecule has 0 spiro atoms. The van der Waals surface area contributed by atoms with Crippen LogP contribution in [0.1, 0.15) is 164 Å². The van der Waals surface area contributed by atoms with Gasteiger partial charge in [0.05, 0.1) is 14.2 Å². The number of hydrogen-bond donors (Lipinski definition) is 0. The molecular weight excluding hydrogens is 729 g/mol. The van der Waals surface area contributed by atoms with Crippen LogP contribution in [0, 0.1) is 0 Å². The summed E-state index contributed by atoms with van der Waals surface area (Å²) in [7, 11) is 3.66. The predicted octanol–water partition coefficient (Wildman–Crippen LogP) is 17.4. The fourth-order valence-corrected chi connectivity index (χ4v) is 11.5. The number of hydrogen-bond acceptors (Lipinski definition) is 2. The Balaban J connectivity index is 1.24. The molecule has 0 saturated heterocycles. The fourth-order valence-electron chi connectivity index (χ4n) is 11.5. The van der Waals surface area contributed by atoms with Crippen molar-refractivity contribution in [3.8, 4) is 33.8 Å². The minimum absolute atomic E-state index is 0.614. The number of fused-ring (bicyclic) bond motifs is 2. The second kappa shape index (κ2) is 18.6. The molecular formula is C58H68O2. The third-order valence-corrected chi connectivity index (χ3v) is 14.8. The van der Waals surface area contributed by atoms with E-state index in [2.05, 4.69) is 98.8 Å². The number of ether oxygens (including phenoxy) is 2. The van der Waals surface area contributed by atoms with Crippen molar-refractivity contribution in [2.24, 2.45) is 0 Å². The molecule has 0 bridgehead atoms. The molecule has 60 heavy (non-hydrogen) atoms. The van der Waals surface area contributed by atoms with Crippen molar-refractivity contribution in [2.75, 3.05) is 14.2 Å². The van der Waals surface area contributed by atoms with Crippen molar-refractivity contribution >= 4 is 43.1 Å². The Bertz CT molecular complexity index is 2390. The van der Waals surface area contributed by atoms with E-state index in [4.69, 9.17) is 9.47 Å². The van der Waals surface area contributed by atoms with Crippen molar-refractivity contribution in [2.45, 2.75) is 154 Å². The molecule has 2 fully saturated rings. The molecule has 0 heterocycles. The summed E-state index contributed by atoms with van der Waals surface area (Å²) in [5.41, 5.74) is 11.6. The maximum absolute atomic E-state index is 6.19. The van der Waals surface area contributed by atoms with Gasteiger partial charge in [0.15, 0.2) is 0 Å². The lowest BCUT2D eigenvalue weighted by atomic mass is 9.78. The van der Waals surface area contributed by atoms with E-state index in [1.54, 1.807) is 11.1 Å². The summed E-state index contributed by atoms with van der Waals surface area (Å²) < 4.78 is 12.4. The second-order valence-electron chi connectivity index (χ2n) is 18.7. The minimum atomic E-state index is 0.614. The summed E-state index contributed by atoms with van der Waals surface area (Å²) in [6, 6.07) is 34.0. The first kappa shape index (κ1) is 40.8. The zero-order valence-corrected chi connectivity index (χ0v) is 37.2. The number of benzene rings is 7. The lowest BCUT2D eigenvalue weighted by Crippen LogP contribution is -2.07. The van der Waals surface area contributed by atoms with E-state index in [0.29, 0.717) is 11.8 Å². The maximum atomic E-state index is 6.19. The summed E-state index contributed by atoms with van der Waals surface area (Å²) in [5, 5.41) is 10.4. The van der Waals surface area contributed by atoms with Crippen LogP contribution in [0.5, 0.6) is 11.5 Å². The molecule has 312 valence electrons. The molecule has 0 aromatic heterocycles. The molecule has 0 N–H and O–H groups in total. The van der Waals surface area contributed by atoms with Gasteiger partial charge in [-0.2, -0.15) is 0 Å². The van der Waals surface area contributed by atoms with Crippen LogP contribution in [0.15, 0.2) is 84.9 Å². The van der Waals surface area contributed by atoms with E-state index in [1.807, 2.05) is 14.2 Å². The summed E-state index contributed by atoms with van der Waals surface area (Å²) in [5.74, 6) is 3.05. The summed E-state index contributed by atoms with van der Waals surface area (Å²) in [6.45, 7) is 4.61. The van der Waals surface area contributed by atoms with E-state index in [0.717, 1.165) is 11.5 Å². The van der Waals surface area contributed by atoms with E-state index in [-0.39, 0.29) is 0 Å². The number of unbranched alkanes of at least 4 members (excludes halogenated alkanes) is 6. The largest absolute Gasteiger partial charge is 0.497 e. The summed E-state index contributed by atoms with van der Waals surface area (Å²) >= 11 is 0. The van der Waals surface area contributed by atoms with Crippen molar-refractivity contribution in [3.05, 3.63) is 107 Å². The highest BCUT2D eigenvalue weighted by molar-refractivity contribution is 6.35. The zero-order valence-electron chi connectivity index (χ0n) is 37.2. The minimum Gasteiger partial charge on any atom is -0.497 e. The van der Waals surface area contributed by atoms with Crippen LogP contribution in [0.4, 0.5) is 0 Å². The highest BCUT2D eigenvalue weighted by atomic mass is 16.5. The van der Waals surface area contributed by atoms with Gasteiger partial charge >= 0.3 is 0 Å². The summed E-state index contributed by atoms with van der Waals surface area (Å²) in [4.78, 5) is 0. The number of methoxy groups -OCH3 is 2. The molecule has 7 aromatic rings. The monoisotopic (exact) mass is 797 g/mol. The molecule has 2 aliphatic rings. The Morgan fingerprint density at radius 2 is 0.800 bits per heavy atom. The fraction of sp³-hybridized carbons (Fsp3) is 0.448. The smallest absolute Gasteiger partial charge is 0.120 e. The molecule has 2 nitrogen and oxygen atoms in total. The van der Waals surface area contributed by atoms with Crippen molar-refractivity contribution in [1.29, 1.82) is 0 Å². The van der Waals surface area contributed by atoms with E-state index < -0.39 is 0 Å². The number of rotatable bonds is 16. The van der Waals surface area contributed by atoms with Crippen molar-refractivity contribution in [3.63, 3.8) is 0 Å². The first-order chi connectivity index (χ1) is 29.6. The van der Waals surface area contributed by atoms with Gasteiger partial charge in [0.1, 0.15) is 11.5 Å². The standard InChI is InChI=1S/C58H68O2/c1-5-7-9-13-19-39-25-27-45(51(33-39)41-21-15-11-16-22-41)47-29-31-49-50-32-30-48(46-28-26-40(20-14-10-8-6-2)34-52(46)42-23-17-12-18-24-42)54-36-44(60-4)38-56(58(50)54)55-37-43(59-3)35-53(47)57(49)55/h25-38,41-42H,5-24H2,1-4H3. The van der Waals surface area contributed by atoms with Crippen LogP contribution < -0.4 is 9.47 Å². The lowest BCUT2D eigenvalue weighted by Gasteiger charge is -2.27. The van der Waals surface area contributed by atoms with E-state index in [9.17, 15) is 0 Å². The Morgan fingerprint density at radius 3 is 1.20 bits per heavy atom. The third-order valence-electron chi connectivity index (χ3n) is 14.8. The molecule has 2 heteroatoms. The number of aryl methyl sites for hydroxylation is 2. The van der Waals surface area contributed by atoms with Gasteiger partial charge in [0.25, 0.3) is 0 Å². The molecule has 7 aromatic carbocycles. The van der Waals surface area contributed by atoms with Gasteiger partial charge in [-0.15, -0.1) is 0 Å². The Morgan fingerprint density at radius 1 is 0.400 bits per heavy atom. The second-order valence-corrected chi connectivity index (χ2v) is 18.7. The highest BCUT2D eigenvalue weighted by Crippen LogP contribution is 2.50. The summed E-state index contributed by atoms with van der Waals surface area (Å²) in [6.07, 6.45) is 26.0. The van der Waals surface area contributed by atoms with E-state index >= 15 is 0 Å². The van der Waals surface area contributed by atoms with Crippen LogP contribution in [-0.4, -0.2) is 14.2 Å². The zero-order chi connectivity index (χ0) is 41.0. The molecule has 0 unspecified atom stereocenters. The van der Waals surface area contributed by atoms with Gasteiger partial charge in [0, 0.05) is 0 Å². The molecule has 0 atom stereocenters. The molecule has 2 saturated carbocycles. The molecule has 0 amide bonds. The highest BCUT2D eigenvalue weighted by Gasteiger charge is 2.26. The van der Waals surface area contributed by atoms with Gasteiger partial charge in [-0.3, -0.25) is 0 Å². The van der Waals surface area contributed by atoms with Gasteiger partial charge in [-0.1, -0.05) is 152 Å². The van der Waals surface area contributed by atoms with Gasteiger partial charge in [0.2, 0.25) is 0 Å². The molecule has 2 aliphatic carbocycles. The Hall–Kier alpha value is -4.56. The van der Waals surface area contributed by atoms with Crippen LogP contribution >= 0.6 is 0 Å². The van der Waals surface area contributed by atoms with Crippen LogP contribution in [0.3, 0.4) is 0 Å². The third kappa shape index (κ3) is 8.01.